The van der Waals surface area contributed by atoms with Crippen molar-refractivity contribution in [1.82, 2.24) is 5.48 Å². The average molecular weight is 327 g/mol. The Morgan fingerprint density at radius 2 is 1.62 bits per heavy atom. The standard InChI is InChI=1S/C20H25NO3/c1-16(22)19(14-8-13-17-9-4-2-5-10-17)20(23)21-24-15-18-11-6-3-7-12-18/h2-7,9-12,16,19,22H,8,13-15H2,1H3,(H,21,23). The van der Waals surface area contributed by atoms with E-state index in [1.807, 2.05) is 48.5 Å². The molecule has 2 N–H and O–H groups in total. The summed E-state index contributed by atoms with van der Waals surface area (Å²) in [5.74, 6) is -0.738. The Morgan fingerprint density at radius 1 is 1.04 bits per heavy atom. The second-order valence-corrected chi connectivity index (χ2v) is 5.97. The predicted octanol–water partition coefficient (Wildman–Crippen LogP) is 3.25. The van der Waals surface area contributed by atoms with E-state index in [4.69, 9.17) is 4.84 Å². The molecule has 1 amide bonds. The normalized spacial score (nSPS) is 13.2. The van der Waals surface area contributed by atoms with Gasteiger partial charge in [0.1, 0.15) is 0 Å². The van der Waals surface area contributed by atoms with E-state index in [1.165, 1.54) is 5.56 Å². The number of benzene rings is 2. The number of aliphatic hydroxyl groups is 1. The van der Waals surface area contributed by atoms with E-state index in [0.717, 1.165) is 18.4 Å². The Labute approximate surface area is 143 Å². The molecule has 2 atom stereocenters. The number of aliphatic hydroxyl groups excluding tert-OH is 1. The van der Waals surface area contributed by atoms with Crippen LogP contribution in [0.15, 0.2) is 60.7 Å². The number of carbonyl (C=O) groups excluding carboxylic acids is 1. The summed E-state index contributed by atoms with van der Waals surface area (Å²) in [5.41, 5.74) is 4.68. The van der Waals surface area contributed by atoms with Crippen molar-refractivity contribution in [3.05, 3.63) is 71.8 Å². The smallest absolute Gasteiger partial charge is 0.249 e. The van der Waals surface area contributed by atoms with E-state index >= 15 is 0 Å². The quantitative estimate of drug-likeness (QED) is 0.695. The zero-order valence-electron chi connectivity index (χ0n) is 14.0. The molecule has 2 aromatic carbocycles. The summed E-state index contributed by atoms with van der Waals surface area (Å²) in [6.07, 6.45) is 1.64. The van der Waals surface area contributed by atoms with Crippen LogP contribution in [0.25, 0.3) is 0 Å². The third kappa shape index (κ3) is 6.14. The first kappa shape index (κ1) is 18.2. The van der Waals surface area contributed by atoms with Gasteiger partial charge in [-0.05, 0) is 37.3 Å². The summed E-state index contributed by atoms with van der Waals surface area (Å²) in [6.45, 7) is 1.95. The zero-order valence-corrected chi connectivity index (χ0v) is 14.0. The van der Waals surface area contributed by atoms with Gasteiger partial charge in [-0.25, -0.2) is 5.48 Å². The molecule has 0 heterocycles. The summed E-state index contributed by atoms with van der Waals surface area (Å²) >= 11 is 0. The van der Waals surface area contributed by atoms with Crippen molar-refractivity contribution in [3.63, 3.8) is 0 Å². The molecular weight excluding hydrogens is 302 g/mol. The average Bonchev–Trinajstić information content (AvgIpc) is 2.60. The third-order valence-electron chi connectivity index (χ3n) is 4.00. The molecule has 2 aromatic rings. The van der Waals surface area contributed by atoms with Gasteiger partial charge >= 0.3 is 0 Å². The maximum absolute atomic E-state index is 12.2. The molecule has 0 bridgehead atoms. The molecule has 0 aliphatic heterocycles. The van der Waals surface area contributed by atoms with E-state index in [1.54, 1.807) is 6.92 Å². The lowest BCUT2D eigenvalue weighted by atomic mass is 9.95. The Hall–Kier alpha value is -2.17. The number of hydrogen-bond donors (Lipinski definition) is 2. The van der Waals surface area contributed by atoms with E-state index in [0.29, 0.717) is 13.0 Å². The van der Waals surface area contributed by atoms with Crippen molar-refractivity contribution in [2.24, 2.45) is 5.92 Å². The van der Waals surface area contributed by atoms with Crippen LogP contribution < -0.4 is 5.48 Å². The zero-order chi connectivity index (χ0) is 17.2. The lowest BCUT2D eigenvalue weighted by molar-refractivity contribution is -0.142. The van der Waals surface area contributed by atoms with Crippen LogP contribution in [0.5, 0.6) is 0 Å². The van der Waals surface area contributed by atoms with Crippen molar-refractivity contribution >= 4 is 5.91 Å². The fourth-order valence-corrected chi connectivity index (χ4v) is 2.60. The summed E-state index contributed by atoms with van der Waals surface area (Å²) in [6, 6.07) is 19.8. The van der Waals surface area contributed by atoms with E-state index in [2.05, 4.69) is 17.6 Å². The van der Waals surface area contributed by atoms with Crippen LogP contribution in [-0.4, -0.2) is 17.1 Å². The minimum Gasteiger partial charge on any atom is -0.393 e. The van der Waals surface area contributed by atoms with E-state index in [9.17, 15) is 9.90 Å². The van der Waals surface area contributed by atoms with Crippen molar-refractivity contribution in [3.8, 4) is 0 Å². The van der Waals surface area contributed by atoms with Crippen LogP contribution in [-0.2, 0) is 22.7 Å². The van der Waals surface area contributed by atoms with Crippen LogP contribution in [0, 0.1) is 5.92 Å². The Balaban J connectivity index is 1.75. The lowest BCUT2D eigenvalue weighted by Crippen LogP contribution is -2.36. The number of nitrogens with one attached hydrogen (secondary N) is 1. The van der Waals surface area contributed by atoms with Gasteiger partial charge in [0, 0.05) is 0 Å². The maximum Gasteiger partial charge on any atom is 0.249 e. The first-order chi connectivity index (χ1) is 11.7. The number of rotatable bonds is 9. The minimum atomic E-state index is -0.707. The highest BCUT2D eigenvalue weighted by Crippen LogP contribution is 2.15. The van der Waals surface area contributed by atoms with Gasteiger partial charge in [0.15, 0.2) is 0 Å². The van der Waals surface area contributed by atoms with Gasteiger partial charge in [-0.3, -0.25) is 9.63 Å². The second-order valence-electron chi connectivity index (χ2n) is 5.97. The lowest BCUT2D eigenvalue weighted by Gasteiger charge is -2.19. The van der Waals surface area contributed by atoms with Crippen LogP contribution >= 0.6 is 0 Å². The molecule has 0 aliphatic rings. The van der Waals surface area contributed by atoms with Gasteiger partial charge in [-0.2, -0.15) is 0 Å². The van der Waals surface area contributed by atoms with Gasteiger partial charge in [-0.15, -0.1) is 0 Å². The number of hydroxylamine groups is 1. The topological polar surface area (TPSA) is 58.6 Å². The summed E-state index contributed by atoms with van der Waals surface area (Å²) in [4.78, 5) is 17.5. The van der Waals surface area contributed by atoms with Gasteiger partial charge in [-0.1, -0.05) is 60.7 Å². The van der Waals surface area contributed by atoms with Crippen molar-refractivity contribution in [2.75, 3.05) is 0 Å². The molecule has 0 fully saturated rings. The van der Waals surface area contributed by atoms with Gasteiger partial charge < -0.3 is 5.11 Å². The van der Waals surface area contributed by atoms with Crippen LogP contribution in [0.1, 0.15) is 30.9 Å². The molecule has 0 saturated carbocycles. The van der Waals surface area contributed by atoms with Crippen LogP contribution in [0.4, 0.5) is 0 Å². The number of amides is 1. The predicted molar refractivity (Wildman–Crippen MR) is 93.9 cm³/mol. The minimum absolute atomic E-state index is 0.269. The Bertz CT molecular complexity index is 599. The van der Waals surface area contributed by atoms with Crippen LogP contribution in [0.2, 0.25) is 0 Å². The van der Waals surface area contributed by atoms with E-state index in [-0.39, 0.29) is 5.91 Å². The number of hydrogen-bond acceptors (Lipinski definition) is 3. The highest BCUT2D eigenvalue weighted by Gasteiger charge is 2.23. The van der Waals surface area contributed by atoms with E-state index < -0.39 is 12.0 Å². The maximum atomic E-state index is 12.2. The molecule has 2 unspecified atom stereocenters. The van der Waals surface area contributed by atoms with Crippen molar-refractivity contribution in [1.29, 1.82) is 0 Å². The number of aryl methyl sites for hydroxylation is 1. The fourth-order valence-electron chi connectivity index (χ4n) is 2.60. The Morgan fingerprint density at radius 3 is 2.21 bits per heavy atom. The van der Waals surface area contributed by atoms with Crippen molar-refractivity contribution < 1.29 is 14.7 Å². The van der Waals surface area contributed by atoms with Gasteiger partial charge in [0.25, 0.3) is 0 Å². The van der Waals surface area contributed by atoms with Crippen molar-refractivity contribution in [2.45, 2.75) is 38.9 Å². The molecule has 0 radical (unpaired) electrons. The molecule has 0 saturated heterocycles. The first-order valence-electron chi connectivity index (χ1n) is 8.34. The monoisotopic (exact) mass is 327 g/mol. The highest BCUT2D eigenvalue weighted by molar-refractivity contribution is 5.78. The molecule has 24 heavy (non-hydrogen) atoms. The molecule has 0 aromatic heterocycles. The highest BCUT2D eigenvalue weighted by atomic mass is 16.6. The SMILES string of the molecule is CC(O)C(CCCc1ccccc1)C(=O)NOCc1ccccc1. The Kier molecular flexibility index (Phi) is 7.46. The summed E-state index contributed by atoms with van der Waals surface area (Å²) < 4.78 is 0. The summed E-state index contributed by atoms with van der Waals surface area (Å²) in [5, 5.41) is 9.88. The molecule has 0 spiro atoms. The molecule has 2 rings (SSSR count). The van der Waals surface area contributed by atoms with Gasteiger partial charge in [0.05, 0.1) is 18.6 Å². The first-order valence-corrected chi connectivity index (χ1v) is 8.34. The third-order valence-corrected chi connectivity index (χ3v) is 4.00. The number of carbonyl (C=O) groups is 1. The molecule has 0 aliphatic carbocycles. The molecule has 128 valence electrons. The second kappa shape index (κ2) is 9.85. The molecule has 4 heteroatoms. The summed E-state index contributed by atoms with van der Waals surface area (Å²) in [7, 11) is 0. The van der Waals surface area contributed by atoms with Crippen LogP contribution in [0.3, 0.4) is 0 Å². The van der Waals surface area contributed by atoms with Gasteiger partial charge in [0.2, 0.25) is 5.91 Å². The fraction of sp³-hybridized carbons (Fsp3) is 0.350. The molecule has 4 nitrogen and oxygen atoms in total. The largest absolute Gasteiger partial charge is 0.393 e. The molecular formula is C20H25NO3.